The van der Waals surface area contributed by atoms with Crippen LogP contribution in [-0.4, -0.2) is 24.5 Å². The number of aromatic nitrogens is 2. The van der Waals surface area contributed by atoms with Crippen LogP contribution in [0.5, 0.6) is 0 Å². The molecule has 2 N–H and O–H groups in total. The van der Waals surface area contributed by atoms with Gasteiger partial charge in [0.15, 0.2) is 12.4 Å². The SMILES string of the molecule is CC(C)c1noc(COC(=O)c2cc(S(N)(=O)=O)ccc2F)n1. The molecule has 1 heterocycles. The van der Waals surface area contributed by atoms with Gasteiger partial charge in [-0.3, -0.25) is 0 Å². The molecule has 0 spiro atoms. The molecule has 10 heteroatoms. The molecule has 0 amide bonds. The lowest BCUT2D eigenvalue weighted by atomic mass is 10.2. The Labute approximate surface area is 131 Å². The van der Waals surface area contributed by atoms with E-state index in [-0.39, 0.29) is 18.4 Å². The number of esters is 1. The first-order valence-electron chi connectivity index (χ1n) is 6.50. The maximum atomic E-state index is 13.7. The van der Waals surface area contributed by atoms with Crippen molar-refractivity contribution in [3.63, 3.8) is 0 Å². The molecule has 0 aliphatic rings. The molecule has 0 saturated carbocycles. The van der Waals surface area contributed by atoms with Gasteiger partial charge in [-0.1, -0.05) is 19.0 Å². The van der Waals surface area contributed by atoms with Gasteiger partial charge in [0.05, 0.1) is 10.5 Å². The minimum absolute atomic E-state index is 0.0343. The summed E-state index contributed by atoms with van der Waals surface area (Å²) in [4.78, 5) is 15.5. The van der Waals surface area contributed by atoms with E-state index in [1.165, 1.54) is 0 Å². The summed E-state index contributed by atoms with van der Waals surface area (Å²) in [6.45, 7) is 3.35. The fourth-order valence-corrected chi connectivity index (χ4v) is 2.14. The molecule has 124 valence electrons. The van der Waals surface area contributed by atoms with Gasteiger partial charge in [0.25, 0.3) is 5.89 Å². The Morgan fingerprint density at radius 2 is 2.13 bits per heavy atom. The van der Waals surface area contributed by atoms with Crippen molar-refractivity contribution >= 4 is 16.0 Å². The Morgan fingerprint density at radius 3 is 2.70 bits per heavy atom. The molecule has 0 unspecified atom stereocenters. The zero-order chi connectivity index (χ0) is 17.2. The number of nitrogens with zero attached hydrogens (tertiary/aromatic N) is 2. The maximum Gasteiger partial charge on any atom is 0.341 e. The van der Waals surface area contributed by atoms with Crippen LogP contribution in [0, 0.1) is 5.82 Å². The summed E-state index contributed by atoms with van der Waals surface area (Å²) in [5.41, 5.74) is -0.555. The summed E-state index contributed by atoms with van der Waals surface area (Å²) >= 11 is 0. The van der Waals surface area contributed by atoms with Crippen LogP contribution >= 0.6 is 0 Å². The Bertz CT molecular complexity index is 832. The van der Waals surface area contributed by atoms with Gasteiger partial charge in [0, 0.05) is 5.92 Å². The summed E-state index contributed by atoms with van der Waals surface area (Å²) in [7, 11) is -4.06. The van der Waals surface area contributed by atoms with Gasteiger partial charge in [-0.05, 0) is 18.2 Å². The van der Waals surface area contributed by atoms with Crippen molar-refractivity contribution in [3.8, 4) is 0 Å². The van der Waals surface area contributed by atoms with Crippen LogP contribution in [0.1, 0.15) is 41.8 Å². The highest BCUT2D eigenvalue weighted by molar-refractivity contribution is 7.89. The first-order valence-corrected chi connectivity index (χ1v) is 8.05. The Kier molecular flexibility index (Phi) is 4.76. The van der Waals surface area contributed by atoms with Crippen molar-refractivity contribution in [2.75, 3.05) is 0 Å². The van der Waals surface area contributed by atoms with E-state index in [0.29, 0.717) is 5.82 Å². The average molecular weight is 343 g/mol. The van der Waals surface area contributed by atoms with Crippen LogP contribution in [0.3, 0.4) is 0 Å². The molecule has 0 atom stereocenters. The maximum absolute atomic E-state index is 13.7. The number of rotatable bonds is 5. The third-order valence-electron chi connectivity index (χ3n) is 2.81. The lowest BCUT2D eigenvalue weighted by Gasteiger charge is -2.05. The highest BCUT2D eigenvalue weighted by atomic mass is 32.2. The molecule has 0 aliphatic carbocycles. The lowest BCUT2D eigenvalue weighted by molar-refractivity contribution is 0.0424. The Morgan fingerprint density at radius 1 is 1.43 bits per heavy atom. The van der Waals surface area contributed by atoms with Crippen molar-refractivity contribution in [2.24, 2.45) is 5.14 Å². The number of benzene rings is 1. The first kappa shape index (κ1) is 17.0. The van der Waals surface area contributed by atoms with Crippen LogP contribution in [0.2, 0.25) is 0 Å². The Balaban J connectivity index is 2.14. The number of nitrogens with two attached hydrogens (primary N) is 1. The molecule has 8 nitrogen and oxygen atoms in total. The van der Waals surface area contributed by atoms with Crippen LogP contribution in [0.4, 0.5) is 4.39 Å². The second-order valence-corrected chi connectivity index (χ2v) is 6.53. The quantitative estimate of drug-likeness (QED) is 0.812. The number of hydrogen-bond donors (Lipinski definition) is 1. The lowest BCUT2D eigenvalue weighted by Crippen LogP contribution is -2.14. The molecule has 0 bridgehead atoms. The van der Waals surface area contributed by atoms with Gasteiger partial charge < -0.3 is 9.26 Å². The molecule has 0 radical (unpaired) electrons. The van der Waals surface area contributed by atoms with Gasteiger partial charge in [-0.25, -0.2) is 22.7 Å². The molecular weight excluding hydrogens is 329 g/mol. The molecule has 2 rings (SSSR count). The molecule has 1 aromatic heterocycles. The van der Waals surface area contributed by atoms with Crippen LogP contribution in [0.15, 0.2) is 27.6 Å². The minimum atomic E-state index is -4.06. The van der Waals surface area contributed by atoms with E-state index in [2.05, 4.69) is 10.1 Å². The topological polar surface area (TPSA) is 125 Å². The summed E-state index contributed by atoms with van der Waals surface area (Å²) < 4.78 is 45.8. The van der Waals surface area contributed by atoms with Crippen LogP contribution in [-0.2, 0) is 21.4 Å². The number of ether oxygens (including phenoxy) is 1. The van der Waals surface area contributed by atoms with Crippen molar-refractivity contribution in [2.45, 2.75) is 31.3 Å². The summed E-state index contributed by atoms with van der Waals surface area (Å²) in [6.07, 6.45) is 0. The van der Waals surface area contributed by atoms with Gasteiger partial charge in [0.2, 0.25) is 10.0 Å². The van der Waals surface area contributed by atoms with E-state index in [9.17, 15) is 17.6 Å². The molecule has 1 aromatic carbocycles. The number of carbonyl (C=O) groups is 1. The van der Waals surface area contributed by atoms with Crippen LogP contribution < -0.4 is 5.14 Å². The van der Waals surface area contributed by atoms with Gasteiger partial charge in [-0.15, -0.1) is 0 Å². The summed E-state index contributed by atoms with van der Waals surface area (Å²) in [5, 5.41) is 8.62. The second-order valence-electron chi connectivity index (χ2n) is 4.96. The van der Waals surface area contributed by atoms with E-state index >= 15 is 0 Å². The zero-order valence-electron chi connectivity index (χ0n) is 12.3. The van der Waals surface area contributed by atoms with Crippen molar-refractivity contribution in [3.05, 3.63) is 41.3 Å². The largest absolute Gasteiger partial charge is 0.452 e. The first-order chi connectivity index (χ1) is 10.7. The average Bonchev–Trinajstić information content (AvgIpc) is 2.93. The van der Waals surface area contributed by atoms with Crippen molar-refractivity contribution in [1.29, 1.82) is 0 Å². The highest BCUT2D eigenvalue weighted by Crippen LogP contribution is 2.16. The zero-order valence-corrected chi connectivity index (χ0v) is 13.1. The third-order valence-corrected chi connectivity index (χ3v) is 3.72. The van der Waals surface area contributed by atoms with E-state index in [1.807, 2.05) is 13.8 Å². The van der Waals surface area contributed by atoms with E-state index in [0.717, 1.165) is 18.2 Å². The predicted octanol–water partition coefficient (Wildman–Crippen LogP) is 1.34. The number of halogens is 1. The molecule has 0 saturated heterocycles. The molecule has 0 aliphatic heterocycles. The normalized spacial score (nSPS) is 11.7. The fourth-order valence-electron chi connectivity index (χ4n) is 1.60. The van der Waals surface area contributed by atoms with Crippen molar-refractivity contribution < 1.29 is 26.9 Å². The molecule has 23 heavy (non-hydrogen) atoms. The highest BCUT2D eigenvalue weighted by Gasteiger charge is 2.19. The fraction of sp³-hybridized carbons (Fsp3) is 0.308. The van der Waals surface area contributed by atoms with E-state index in [4.69, 9.17) is 14.4 Å². The summed E-state index contributed by atoms with van der Waals surface area (Å²) in [5.74, 6) is -1.48. The monoisotopic (exact) mass is 343 g/mol. The van der Waals surface area contributed by atoms with E-state index in [1.54, 1.807) is 0 Å². The number of carbonyl (C=O) groups excluding carboxylic acids is 1. The van der Waals surface area contributed by atoms with Gasteiger partial charge in [0.1, 0.15) is 5.82 Å². The Hall–Kier alpha value is -2.33. The van der Waals surface area contributed by atoms with Gasteiger partial charge >= 0.3 is 5.97 Å². The van der Waals surface area contributed by atoms with E-state index < -0.39 is 32.3 Å². The second kappa shape index (κ2) is 6.42. The number of hydrogen-bond acceptors (Lipinski definition) is 7. The predicted molar refractivity (Wildman–Crippen MR) is 75.3 cm³/mol. The smallest absolute Gasteiger partial charge is 0.341 e. The molecule has 2 aromatic rings. The minimum Gasteiger partial charge on any atom is -0.452 e. The van der Waals surface area contributed by atoms with Crippen molar-refractivity contribution in [1.82, 2.24) is 10.1 Å². The third kappa shape index (κ3) is 4.11. The number of sulfonamides is 1. The molecule has 0 fully saturated rings. The molecular formula is C13H14FN3O5S. The number of primary sulfonamides is 1. The summed E-state index contributed by atoms with van der Waals surface area (Å²) in [6, 6.07) is 2.58. The van der Waals surface area contributed by atoms with Crippen LogP contribution in [0.25, 0.3) is 0 Å². The van der Waals surface area contributed by atoms with Gasteiger partial charge in [-0.2, -0.15) is 4.98 Å². The standard InChI is InChI=1S/C13H14FN3O5S/c1-7(2)12-16-11(22-17-12)6-21-13(18)9-5-8(23(15,19)20)3-4-10(9)14/h3-5,7H,6H2,1-2H3,(H2,15,19,20).